The van der Waals surface area contributed by atoms with Crippen LogP contribution >= 0.6 is 15.9 Å². The minimum Gasteiger partial charge on any atom is -0.370 e. The second kappa shape index (κ2) is 6.31. The predicted molar refractivity (Wildman–Crippen MR) is 73.3 cm³/mol. The number of nitrogens with zero attached hydrogens (tertiary/aromatic N) is 1. The Kier molecular flexibility index (Phi) is 4.74. The molecule has 1 heterocycles. The van der Waals surface area contributed by atoms with E-state index in [2.05, 4.69) is 21.2 Å². The van der Waals surface area contributed by atoms with Crippen molar-refractivity contribution in [3.8, 4) is 0 Å². The molecule has 0 spiro atoms. The Morgan fingerprint density at radius 2 is 2.33 bits per heavy atom. The van der Waals surface area contributed by atoms with E-state index in [0.29, 0.717) is 26.2 Å². The van der Waals surface area contributed by atoms with Crippen molar-refractivity contribution in [2.45, 2.75) is 6.10 Å². The van der Waals surface area contributed by atoms with E-state index in [-0.39, 0.29) is 12.0 Å². The highest BCUT2D eigenvalue weighted by molar-refractivity contribution is 9.10. The van der Waals surface area contributed by atoms with Crippen molar-refractivity contribution in [1.82, 2.24) is 10.2 Å². The highest BCUT2D eigenvalue weighted by atomic mass is 79.9. The molecular formula is C13H17BrN2O2. The molecule has 1 amide bonds. The van der Waals surface area contributed by atoms with Gasteiger partial charge in [0.1, 0.15) is 6.10 Å². The van der Waals surface area contributed by atoms with E-state index >= 15 is 0 Å². The molecule has 1 saturated heterocycles. The Morgan fingerprint density at radius 1 is 1.56 bits per heavy atom. The van der Waals surface area contributed by atoms with Crippen LogP contribution in [0.1, 0.15) is 11.7 Å². The number of nitrogens with one attached hydrogen (secondary N) is 1. The van der Waals surface area contributed by atoms with Crippen molar-refractivity contribution in [1.29, 1.82) is 0 Å². The molecule has 0 aliphatic carbocycles. The van der Waals surface area contributed by atoms with E-state index in [1.807, 2.05) is 29.2 Å². The lowest BCUT2D eigenvalue weighted by molar-refractivity contribution is -0.137. The number of ether oxygens (including phenoxy) is 1. The SMILES string of the molecule is CNCC(=O)N1CCO[C@H](c2ccccc2Br)C1. The van der Waals surface area contributed by atoms with E-state index < -0.39 is 0 Å². The van der Waals surface area contributed by atoms with Crippen molar-refractivity contribution >= 4 is 21.8 Å². The van der Waals surface area contributed by atoms with Crippen LogP contribution < -0.4 is 5.32 Å². The third kappa shape index (κ3) is 3.10. The average Bonchev–Trinajstić information content (AvgIpc) is 2.40. The van der Waals surface area contributed by atoms with Crippen LogP contribution in [0.5, 0.6) is 0 Å². The number of benzene rings is 1. The Hall–Kier alpha value is -0.910. The van der Waals surface area contributed by atoms with Crippen LogP contribution in [0.2, 0.25) is 0 Å². The summed E-state index contributed by atoms with van der Waals surface area (Å²) >= 11 is 3.52. The van der Waals surface area contributed by atoms with Gasteiger partial charge >= 0.3 is 0 Å². The zero-order chi connectivity index (χ0) is 13.0. The lowest BCUT2D eigenvalue weighted by Gasteiger charge is -2.33. The van der Waals surface area contributed by atoms with Crippen molar-refractivity contribution in [3.05, 3.63) is 34.3 Å². The number of likely N-dealkylation sites (N-methyl/N-ethyl adjacent to an activating group) is 1. The molecule has 0 bridgehead atoms. The third-order valence-corrected chi connectivity index (χ3v) is 3.72. The molecule has 0 radical (unpaired) electrons. The van der Waals surface area contributed by atoms with Gasteiger partial charge in [-0.25, -0.2) is 0 Å². The molecule has 1 aliphatic rings. The maximum absolute atomic E-state index is 11.9. The lowest BCUT2D eigenvalue weighted by atomic mass is 10.1. The Balaban J connectivity index is 2.07. The Labute approximate surface area is 115 Å². The standard InChI is InChI=1S/C13H17BrN2O2/c1-15-8-13(17)16-6-7-18-12(9-16)10-4-2-3-5-11(10)14/h2-5,12,15H,6-9H2,1H3/t12-/m0/s1. The van der Waals surface area contributed by atoms with E-state index in [4.69, 9.17) is 4.74 Å². The van der Waals surface area contributed by atoms with Crippen molar-refractivity contribution in [3.63, 3.8) is 0 Å². The summed E-state index contributed by atoms with van der Waals surface area (Å²) in [6, 6.07) is 7.98. The minimum atomic E-state index is -0.0462. The largest absolute Gasteiger partial charge is 0.370 e. The maximum atomic E-state index is 11.9. The van der Waals surface area contributed by atoms with Crippen molar-refractivity contribution in [2.75, 3.05) is 33.3 Å². The van der Waals surface area contributed by atoms with Gasteiger partial charge in [0.2, 0.25) is 5.91 Å². The van der Waals surface area contributed by atoms with Crippen LogP contribution in [-0.2, 0) is 9.53 Å². The van der Waals surface area contributed by atoms with Gasteiger partial charge in [0.15, 0.2) is 0 Å². The van der Waals surface area contributed by atoms with E-state index in [1.54, 1.807) is 7.05 Å². The van der Waals surface area contributed by atoms with Crippen LogP contribution in [0.15, 0.2) is 28.7 Å². The third-order valence-electron chi connectivity index (χ3n) is 3.00. The van der Waals surface area contributed by atoms with Gasteiger partial charge in [0, 0.05) is 11.0 Å². The fourth-order valence-corrected chi connectivity index (χ4v) is 2.60. The highest BCUT2D eigenvalue weighted by Gasteiger charge is 2.25. The van der Waals surface area contributed by atoms with Gasteiger partial charge in [-0.2, -0.15) is 0 Å². The summed E-state index contributed by atoms with van der Waals surface area (Å²) in [4.78, 5) is 13.7. The molecule has 4 nitrogen and oxygen atoms in total. The monoisotopic (exact) mass is 312 g/mol. The topological polar surface area (TPSA) is 41.6 Å². The average molecular weight is 313 g/mol. The number of hydrogen-bond acceptors (Lipinski definition) is 3. The minimum absolute atomic E-state index is 0.0462. The first kappa shape index (κ1) is 13.5. The summed E-state index contributed by atoms with van der Waals surface area (Å²) in [7, 11) is 1.78. The fourth-order valence-electron chi connectivity index (χ4n) is 2.06. The zero-order valence-corrected chi connectivity index (χ0v) is 11.9. The number of morpholine rings is 1. The lowest BCUT2D eigenvalue weighted by Crippen LogP contribution is -2.45. The van der Waals surface area contributed by atoms with Gasteiger partial charge in [0.05, 0.1) is 19.7 Å². The normalized spacial score (nSPS) is 19.9. The van der Waals surface area contributed by atoms with Gasteiger partial charge in [0.25, 0.3) is 0 Å². The van der Waals surface area contributed by atoms with Crippen LogP contribution in [0.4, 0.5) is 0 Å². The Morgan fingerprint density at radius 3 is 3.06 bits per heavy atom. The first-order valence-corrected chi connectivity index (χ1v) is 6.80. The first-order valence-electron chi connectivity index (χ1n) is 6.00. The summed E-state index contributed by atoms with van der Waals surface area (Å²) in [6.45, 7) is 2.24. The van der Waals surface area contributed by atoms with Crippen LogP contribution in [0, 0.1) is 0 Å². The molecule has 1 aromatic rings. The molecule has 0 aromatic heterocycles. The fraction of sp³-hybridized carbons (Fsp3) is 0.462. The molecule has 1 aliphatic heterocycles. The van der Waals surface area contributed by atoms with Crippen LogP contribution in [0.3, 0.4) is 0 Å². The highest BCUT2D eigenvalue weighted by Crippen LogP contribution is 2.28. The number of amides is 1. The smallest absolute Gasteiger partial charge is 0.236 e. The molecule has 18 heavy (non-hydrogen) atoms. The molecule has 1 N–H and O–H groups in total. The van der Waals surface area contributed by atoms with Crippen molar-refractivity contribution in [2.24, 2.45) is 0 Å². The number of rotatable bonds is 3. The maximum Gasteiger partial charge on any atom is 0.236 e. The second-order valence-corrected chi connectivity index (χ2v) is 5.11. The van der Waals surface area contributed by atoms with Gasteiger partial charge in [-0.3, -0.25) is 4.79 Å². The van der Waals surface area contributed by atoms with E-state index in [9.17, 15) is 4.79 Å². The van der Waals surface area contributed by atoms with E-state index in [1.165, 1.54) is 0 Å². The summed E-state index contributed by atoms with van der Waals surface area (Å²) in [5, 5.41) is 2.89. The molecular weight excluding hydrogens is 296 g/mol. The zero-order valence-electron chi connectivity index (χ0n) is 10.4. The molecule has 2 rings (SSSR count). The number of hydrogen-bond donors (Lipinski definition) is 1. The molecule has 5 heteroatoms. The molecule has 0 saturated carbocycles. The summed E-state index contributed by atoms with van der Waals surface area (Å²) in [5.41, 5.74) is 1.10. The molecule has 1 aromatic carbocycles. The second-order valence-electron chi connectivity index (χ2n) is 4.25. The number of carbonyl (C=O) groups is 1. The summed E-state index contributed by atoms with van der Waals surface area (Å²) < 4.78 is 6.78. The quantitative estimate of drug-likeness (QED) is 0.921. The summed E-state index contributed by atoms with van der Waals surface area (Å²) in [6.07, 6.45) is -0.0462. The van der Waals surface area contributed by atoms with Crippen LogP contribution in [-0.4, -0.2) is 44.1 Å². The predicted octanol–water partition coefficient (Wildman–Crippen LogP) is 1.57. The van der Waals surface area contributed by atoms with E-state index in [0.717, 1.165) is 10.0 Å². The number of halogens is 1. The molecule has 98 valence electrons. The molecule has 0 unspecified atom stereocenters. The first-order chi connectivity index (χ1) is 8.72. The van der Waals surface area contributed by atoms with Gasteiger partial charge < -0.3 is 15.0 Å². The van der Waals surface area contributed by atoms with Gasteiger partial charge in [-0.05, 0) is 18.7 Å². The molecule has 1 atom stereocenters. The number of carbonyl (C=O) groups excluding carboxylic acids is 1. The van der Waals surface area contributed by atoms with Gasteiger partial charge in [-0.15, -0.1) is 0 Å². The Bertz CT molecular complexity index is 425. The molecule has 1 fully saturated rings. The van der Waals surface area contributed by atoms with Crippen LogP contribution in [0.25, 0.3) is 0 Å². The summed E-state index contributed by atoms with van der Waals surface area (Å²) in [5.74, 6) is 0.123. The van der Waals surface area contributed by atoms with Crippen molar-refractivity contribution < 1.29 is 9.53 Å². The van der Waals surface area contributed by atoms with Gasteiger partial charge in [-0.1, -0.05) is 34.1 Å².